The normalized spacial score (nSPS) is 14.4. The molecule has 0 unspecified atom stereocenters. The summed E-state index contributed by atoms with van der Waals surface area (Å²) in [5.74, 6) is 0.231. The number of nitrogens with zero attached hydrogens (tertiary/aromatic N) is 2. The lowest BCUT2D eigenvalue weighted by Crippen LogP contribution is -2.31. The van der Waals surface area contributed by atoms with E-state index < -0.39 is 20.7 Å². The van der Waals surface area contributed by atoms with Gasteiger partial charge in [0.15, 0.2) is 0 Å². The second-order valence-electron chi connectivity index (χ2n) is 8.62. The maximum Gasteiger partial charge on any atom is 0.415 e. The maximum atomic E-state index is 12.8. The van der Waals surface area contributed by atoms with Gasteiger partial charge in [0, 0.05) is 17.0 Å². The van der Waals surface area contributed by atoms with Gasteiger partial charge in [-0.25, -0.2) is 13.2 Å². The van der Waals surface area contributed by atoms with Crippen LogP contribution in [0.5, 0.6) is 11.6 Å². The second-order valence-corrected chi connectivity index (χ2v) is 10.5. The molecule has 0 saturated heterocycles. The Hall–Kier alpha value is -3.86. The molecule has 2 aromatic carbocycles. The first-order chi connectivity index (χ1) is 17.4. The van der Waals surface area contributed by atoms with Gasteiger partial charge in [-0.05, 0) is 60.4 Å². The van der Waals surface area contributed by atoms with Crippen LogP contribution in [0, 0.1) is 12.1 Å². The molecule has 1 fully saturated rings. The first-order valence-electron chi connectivity index (χ1n) is 11.6. The number of hydrogen-bond donors (Lipinski definition) is 0. The predicted molar refractivity (Wildman–Crippen MR) is 127 cm³/mol. The van der Waals surface area contributed by atoms with Crippen molar-refractivity contribution in [2.75, 3.05) is 13.2 Å². The van der Waals surface area contributed by atoms with Crippen LogP contribution in [-0.2, 0) is 9.84 Å². The molecule has 0 atom stereocenters. The van der Waals surface area contributed by atoms with E-state index in [1.165, 1.54) is 24.3 Å². The molecular formula is C25H24N2O8S. The largest absolute Gasteiger partial charge is 0.490 e. The van der Waals surface area contributed by atoms with Crippen molar-refractivity contribution in [1.29, 1.82) is 0 Å². The number of hydrogen-bond acceptors (Lipinski definition) is 9. The van der Waals surface area contributed by atoms with Crippen molar-refractivity contribution in [3.63, 3.8) is 0 Å². The molecule has 0 radical (unpaired) electrons. The lowest BCUT2D eigenvalue weighted by Gasteiger charge is -2.13. The van der Waals surface area contributed by atoms with Gasteiger partial charge in [0.05, 0.1) is 10.1 Å². The van der Waals surface area contributed by atoms with Gasteiger partial charge in [0.2, 0.25) is 0 Å². The van der Waals surface area contributed by atoms with Crippen LogP contribution in [0.4, 0.5) is 0 Å². The molecule has 10 nitrogen and oxygen atoms in total. The van der Waals surface area contributed by atoms with E-state index in [0.717, 1.165) is 42.2 Å². The Balaban J connectivity index is 1.28. The van der Waals surface area contributed by atoms with Gasteiger partial charge in [-0.3, -0.25) is 4.63 Å². The average molecular weight is 513 g/mol. The monoisotopic (exact) mass is 512 g/mol. The van der Waals surface area contributed by atoms with Crippen molar-refractivity contribution in [2.45, 2.75) is 48.4 Å². The van der Waals surface area contributed by atoms with Gasteiger partial charge < -0.3 is 19.1 Å². The van der Waals surface area contributed by atoms with E-state index in [1.54, 1.807) is 18.2 Å². The Morgan fingerprint density at radius 2 is 1.81 bits per heavy atom. The fourth-order valence-corrected chi connectivity index (χ4v) is 5.96. The first kappa shape index (κ1) is 23.9. The number of sulfone groups is 1. The summed E-state index contributed by atoms with van der Waals surface area (Å²) in [6.07, 6.45) is 4.26. The van der Waals surface area contributed by atoms with E-state index in [0.29, 0.717) is 11.3 Å². The number of fused-ring (bicyclic) bond motifs is 1. The average Bonchev–Trinajstić information content (AvgIpc) is 3.52. The Morgan fingerprint density at radius 3 is 2.56 bits per heavy atom. The number of benzene rings is 2. The maximum absolute atomic E-state index is 12.8. The lowest BCUT2D eigenvalue weighted by molar-refractivity contribution is -0.832. The van der Waals surface area contributed by atoms with Crippen molar-refractivity contribution >= 4 is 20.8 Å². The molecule has 5 rings (SSSR count). The zero-order valence-corrected chi connectivity index (χ0v) is 20.3. The minimum atomic E-state index is -4.20. The zero-order chi connectivity index (χ0) is 25.3. The Kier molecular flexibility index (Phi) is 6.40. The summed E-state index contributed by atoms with van der Waals surface area (Å²) in [4.78, 5) is 12.4. The summed E-state index contributed by atoms with van der Waals surface area (Å²) in [5, 5.41) is 15.5. The third kappa shape index (κ3) is 4.41. The molecule has 2 aromatic heterocycles. The summed E-state index contributed by atoms with van der Waals surface area (Å²) in [7, 11) is -4.20. The minimum Gasteiger partial charge on any atom is -0.490 e. The highest BCUT2D eigenvalue weighted by Crippen LogP contribution is 2.36. The molecule has 1 saturated carbocycles. The molecular weight excluding hydrogens is 488 g/mol. The summed E-state index contributed by atoms with van der Waals surface area (Å²) in [6.45, 7) is 1.83. The standard InChI is InChI=1S/C25H24N2O8S/c1-16-20-12-11-18(15-21(20)34-25(28)22(16)17-7-5-6-8-17)32-13-14-33-23-24(27(29)35-26-23)36(30,31)19-9-3-2-4-10-19/h2-4,9-12,15,17H,5-8,13-14H2,1H3. The quantitative estimate of drug-likeness (QED) is 0.197. The van der Waals surface area contributed by atoms with Crippen LogP contribution in [0.25, 0.3) is 11.0 Å². The highest BCUT2D eigenvalue weighted by molar-refractivity contribution is 7.91. The molecule has 0 bridgehead atoms. The highest BCUT2D eigenvalue weighted by Gasteiger charge is 2.35. The van der Waals surface area contributed by atoms with Crippen LogP contribution in [-0.4, -0.2) is 26.8 Å². The van der Waals surface area contributed by atoms with Gasteiger partial charge in [0.25, 0.3) is 9.84 Å². The number of rotatable bonds is 8. The topological polar surface area (TPSA) is 136 Å². The van der Waals surface area contributed by atoms with Crippen molar-refractivity contribution in [3.05, 3.63) is 75.3 Å². The van der Waals surface area contributed by atoms with Crippen LogP contribution in [0.3, 0.4) is 0 Å². The zero-order valence-electron chi connectivity index (χ0n) is 19.5. The molecule has 36 heavy (non-hydrogen) atoms. The van der Waals surface area contributed by atoms with Gasteiger partial charge in [-0.1, -0.05) is 31.0 Å². The molecule has 0 spiro atoms. The highest BCUT2D eigenvalue weighted by atomic mass is 32.2. The molecule has 188 valence electrons. The minimum absolute atomic E-state index is 0.00538. The molecule has 2 heterocycles. The van der Waals surface area contributed by atoms with Crippen LogP contribution in [0.15, 0.2) is 72.3 Å². The summed E-state index contributed by atoms with van der Waals surface area (Å²) >= 11 is 0. The van der Waals surface area contributed by atoms with E-state index in [4.69, 9.17) is 13.9 Å². The lowest BCUT2D eigenvalue weighted by atomic mass is 9.93. The molecule has 11 heteroatoms. The SMILES string of the molecule is Cc1c(C2CCCC2)c(=O)oc2cc(OCCOc3no[n+]([O-])c3S(=O)(=O)c3ccccc3)ccc12. The molecule has 1 aliphatic rings. The number of aromatic nitrogens is 2. The van der Waals surface area contributed by atoms with Crippen molar-refractivity contribution in [1.82, 2.24) is 5.16 Å². The van der Waals surface area contributed by atoms with Gasteiger partial charge >= 0.3 is 16.5 Å². The fourth-order valence-electron chi connectivity index (χ4n) is 4.67. The molecule has 0 N–H and O–H groups in total. The molecule has 0 amide bonds. The van der Waals surface area contributed by atoms with Crippen LogP contribution in [0.1, 0.15) is 42.7 Å². The summed E-state index contributed by atoms with van der Waals surface area (Å²) in [5.41, 5.74) is 1.83. The third-order valence-corrected chi connectivity index (χ3v) is 8.12. The van der Waals surface area contributed by atoms with Gasteiger partial charge in [0.1, 0.15) is 24.5 Å². The first-order valence-corrected chi connectivity index (χ1v) is 13.1. The third-order valence-electron chi connectivity index (χ3n) is 6.39. The second kappa shape index (κ2) is 9.65. The van der Waals surface area contributed by atoms with Gasteiger partial charge in [-0.2, -0.15) is 0 Å². The number of ether oxygens (including phenoxy) is 2. The van der Waals surface area contributed by atoms with Crippen LogP contribution in [0.2, 0.25) is 0 Å². The van der Waals surface area contributed by atoms with E-state index in [1.807, 2.05) is 13.0 Å². The Morgan fingerprint density at radius 1 is 1.08 bits per heavy atom. The van der Waals surface area contributed by atoms with E-state index in [2.05, 4.69) is 9.79 Å². The van der Waals surface area contributed by atoms with E-state index in [-0.39, 0.29) is 34.6 Å². The molecule has 4 aromatic rings. The Bertz CT molecular complexity index is 1550. The molecule has 0 aliphatic heterocycles. The Labute approximate surface area is 206 Å². The van der Waals surface area contributed by atoms with Crippen LogP contribution >= 0.6 is 0 Å². The molecule has 1 aliphatic carbocycles. The van der Waals surface area contributed by atoms with Crippen LogP contribution < -0.4 is 20.0 Å². The van der Waals surface area contributed by atoms with E-state index >= 15 is 0 Å². The van der Waals surface area contributed by atoms with E-state index in [9.17, 15) is 18.4 Å². The number of aryl methyl sites for hydroxylation is 1. The van der Waals surface area contributed by atoms with Crippen molar-refractivity contribution < 1.29 is 31.8 Å². The summed E-state index contributed by atoms with van der Waals surface area (Å²) < 4.78 is 46.8. The van der Waals surface area contributed by atoms with Crippen molar-refractivity contribution in [2.24, 2.45) is 0 Å². The summed E-state index contributed by atoms with van der Waals surface area (Å²) in [6, 6.07) is 12.7. The smallest absolute Gasteiger partial charge is 0.415 e. The fraction of sp³-hybridized carbons (Fsp3) is 0.320. The predicted octanol–water partition coefficient (Wildman–Crippen LogP) is 3.67. The van der Waals surface area contributed by atoms with Crippen molar-refractivity contribution in [3.8, 4) is 11.6 Å². The van der Waals surface area contributed by atoms with Gasteiger partial charge in [-0.15, -0.1) is 0 Å².